The van der Waals surface area contributed by atoms with Gasteiger partial charge in [0.05, 0.1) is 6.61 Å². The minimum absolute atomic E-state index is 0.130. The number of hydrogen-bond donors (Lipinski definition) is 2. The smallest absolute Gasteiger partial charge is 0.427 e. The van der Waals surface area contributed by atoms with Crippen LogP contribution in [0.1, 0.15) is 6.92 Å². The third-order valence-corrected chi connectivity index (χ3v) is 2.80. The van der Waals surface area contributed by atoms with Crippen LogP contribution >= 0.6 is 0 Å². The predicted octanol–water partition coefficient (Wildman–Crippen LogP) is 2.80. The number of nitrogens with two attached hydrogens (primary N) is 1. The number of benzene rings is 2. The standard InChI is InChI=1S/C16H18N4O2/c1-2-22-16(21)19-18-15(17)20(13-9-5-3-6-10-13)14-11-7-4-8-12-14/h3-12H,2H2,1H3,(H2,17,18)(H,19,21). The molecule has 0 aromatic heterocycles. The van der Waals surface area contributed by atoms with Gasteiger partial charge in [0, 0.05) is 11.4 Å². The van der Waals surface area contributed by atoms with E-state index in [0.717, 1.165) is 11.4 Å². The number of hydrazone groups is 1. The molecule has 6 nitrogen and oxygen atoms in total. The lowest BCUT2D eigenvalue weighted by atomic mass is 10.2. The summed E-state index contributed by atoms with van der Waals surface area (Å²) < 4.78 is 4.75. The van der Waals surface area contributed by atoms with Crippen molar-refractivity contribution in [3.63, 3.8) is 0 Å². The van der Waals surface area contributed by atoms with Gasteiger partial charge in [-0.15, -0.1) is 5.10 Å². The molecule has 0 radical (unpaired) electrons. The molecule has 2 aromatic rings. The zero-order chi connectivity index (χ0) is 15.8. The second-order valence-electron chi connectivity index (χ2n) is 4.31. The Morgan fingerprint density at radius 1 is 1.09 bits per heavy atom. The van der Waals surface area contributed by atoms with Crippen LogP contribution in [0.3, 0.4) is 0 Å². The highest BCUT2D eigenvalue weighted by molar-refractivity contribution is 6.01. The van der Waals surface area contributed by atoms with Gasteiger partial charge in [0.2, 0.25) is 5.96 Å². The molecule has 22 heavy (non-hydrogen) atoms. The van der Waals surface area contributed by atoms with E-state index in [9.17, 15) is 4.79 Å². The van der Waals surface area contributed by atoms with E-state index >= 15 is 0 Å². The summed E-state index contributed by atoms with van der Waals surface area (Å²) in [5.41, 5.74) is 9.96. The van der Waals surface area contributed by atoms with Crippen LogP contribution in [-0.2, 0) is 4.74 Å². The first-order valence-electron chi connectivity index (χ1n) is 6.88. The van der Waals surface area contributed by atoms with Gasteiger partial charge in [0.1, 0.15) is 0 Å². The number of rotatable bonds is 4. The second kappa shape index (κ2) is 7.68. The zero-order valence-corrected chi connectivity index (χ0v) is 12.3. The minimum atomic E-state index is -0.647. The van der Waals surface area contributed by atoms with E-state index in [1.807, 2.05) is 60.7 Å². The van der Waals surface area contributed by atoms with Crippen molar-refractivity contribution in [1.82, 2.24) is 5.43 Å². The topological polar surface area (TPSA) is 79.9 Å². The monoisotopic (exact) mass is 298 g/mol. The van der Waals surface area contributed by atoms with Gasteiger partial charge in [-0.1, -0.05) is 36.4 Å². The molecular weight excluding hydrogens is 280 g/mol. The quantitative estimate of drug-likeness (QED) is 0.517. The highest BCUT2D eigenvalue weighted by Gasteiger charge is 2.13. The molecule has 6 heteroatoms. The maximum absolute atomic E-state index is 11.3. The van der Waals surface area contributed by atoms with E-state index in [1.54, 1.807) is 11.8 Å². The molecule has 0 aliphatic heterocycles. The maximum Gasteiger partial charge on any atom is 0.427 e. The molecule has 0 saturated heterocycles. The number of hydrogen-bond acceptors (Lipinski definition) is 3. The third kappa shape index (κ3) is 3.99. The van der Waals surface area contributed by atoms with Crippen LogP contribution in [0.4, 0.5) is 16.2 Å². The second-order valence-corrected chi connectivity index (χ2v) is 4.31. The maximum atomic E-state index is 11.3. The molecule has 0 bridgehead atoms. The van der Waals surface area contributed by atoms with Gasteiger partial charge in [-0.25, -0.2) is 10.2 Å². The molecule has 0 fully saturated rings. The van der Waals surface area contributed by atoms with Crippen LogP contribution in [-0.4, -0.2) is 18.7 Å². The summed E-state index contributed by atoms with van der Waals surface area (Å²) in [6, 6.07) is 19.0. The number of para-hydroxylation sites is 2. The van der Waals surface area contributed by atoms with E-state index in [2.05, 4.69) is 10.5 Å². The summed E-state index contributed by atoms with van der Waals surface area (Å²) in [4.78, 5) is 13.1. The van der Waals surface area contributed by atoms with Crippen molar-refractivity contribution in [2.45, 2.75) is 6.92 Å². The molecule has 2 rings (SSSR count). The molecule has 0 spiro atoms. The van der Waals surface area contributed by atoms with Gasteiger partial charge in [0.15, 0.2) is 0 Å². The summed E-state index contributed by atoms with van der Waals surface area (Å²) in [5, 5.41) is 3.89. The summed E-state index contributed by atoms with van der Waals surface area (Å²) in [6.07, 6.45) is -0.647. The Bertz CT molecular complexity index is 590. The van der Waals surface area contributed by atoms with Gasteiger partial charge in [0.25, 0.3) is 0 Å². The van der Waals surface area contributed by atoms with Crippen LogP contribution < -0.4 is 16.1 Å². The Kier molecular flexibility index (Phi) is 5.37. The summed E-state index contributed by atoms with van der Waals surface area (Å²) in [7, 11) is 0. The lowest BCUT2D eigenvalue weighted by Gasteiger charge is -2.23. The first-order valence-corrected chi connectivity index (χ1v) is 6.88. The number of carbonyl (C=O) groups excluding carboxylic acids is 1. The van der Waals surface area contributed by atoms with Crippen molar-refractivity contribution in [1.29, 1.82) is 0 Å². The van der Waals surface area contributed by atoms with Crippen LogP contribution in [0.5, 0.6) is 0 Å². The Hall–Kier alpha value is -3.02. The molecule has 0 atom stereocenters. The van der Waals surface area contributed by atoms with Crippen LogP contribution in [0.15, 0.2) is 65.8 Å². The molecule has 2 aromatic carbocycles. The zero-order valence-electron chi connectivity index (χ0n) is 12.3. The number of nitrogens with zero attached hydrogens (tertiary/aromatic N) is 2. The molecule has 3 N–H and O–H groups in total. The number of anilines is 2. The molecular formula is C16H18N4O2. The molecule has 0 saturated carbocycles. The summed E-state index contributed by atoms with van der Waals surface area (Å²) in [5.74, 6) is 0.130. The Morgan fingerprint density at radius 2 is 1.59 bits per heavy atom. The van der Waals surface area contributed by atoms with Crippen molar-refractivity contribution in [3.8, 4) is 0 Å². The molecule has 114 valence electrons. The number of guanidine groups is 1. The SMILES string of the molecule is CCOC(=O)NN=C(N)N(c1ccccc1)c1ccccc1. The van der Waals surface area contributed by atoms with E-state index in [0.29, 0.717) is 0 Å². The van der Waals surface area contributed by atoms with Crippen molar-refractivity contribution in [2.75, 3.05) is 11.5 Å². The molecule has 1 amide bonds. The van der Waals surface area contributed by atoms with E-state index in [-0.39, 0.29) is 12.6 Å². The predicted molar refractivity (Wildman–Crippen MR) is 86.8 cm³/mol. The van der Waals surface area contributed by atoms with Gasteiger partial charge >= 0.3 is 6.09 Å². The summed E-state index contributed by atoms with van der Waals surface area (Å²) >= 11 is 0. The van der Waals surface area contributed by atoms with E-state index in [1.165, 1.54) is 0 Å². The Labute approximate surface area is 129 Å². The van der Waals surface area contributed by atoms with Crippen molar-refractivity contribution < 1.29 is 9.53 Å². The average Bonchev–Trinajstić information content (AvgIpc) is 2.55. The fourth-order valence-corrected chi connectivity index (χ4v) is 1.88. The largest absolute Gasteiger partial charge is 0.449 e. The van der Waals surface area contributed by atoms with Gasteiger partial charge in [-0.2, -0.15) is 0 Å². The summed E-state index contributed by atoms with van der Waals surface area (Å²) in [6.45, 7) is 1.98. The molecule has 0 heterocycles. The van der Waals surface area contributed by atoms with Gasteiger partial charge < -0.3 is 10.5 Å². The average molecular weight is 298 g/mol. The number of carbonyl (C=O) groups is 1. The van der Waals surface area contributed by atoms with Crippen molar-refractivity contribution >= 4 is 23.4 Å². The number of ether oxygens (including phenoxy) is 1. The van der Waals surface area contributed by atoms with E-state index in [4.69, 9.17) is 10.5 Å². The first-order chi connectivity index (χ1) is 10.7. The van der Waals surface area contributed by atoms with Gasteiger partial charge in [-0.05, 0) is 31.2 Å². The lowest BCUT2D eigenvalue weighted by molar-refractivity contribution is 0.152. The molecule has 0 aliphatic carbocycles. The van der Waals surface area contributed by atoms with Crippen LogP contribution in [0.25, 0.3) is 0 Å². The fraction of sp³-hybridized carbons (Fsp3) is 0.125. The van der Waals surface area contributed by atoms with E-state index < -0.39 is 6.09 Å². The van der Waals surface area contributed by atoms with Crippen molar-refractivity contribution in [2.24, 2.45) is 10.8 Å². The molecule has 0 unspecified atom stereocenters. The first kappa shape index (κ1) is 15.4. The van der Waals surface area contributed by atoms with Crippen molar-refractivity contribution in [3.05, 3.63) is 60.7 Å². The highest BCUT2D eigenvalue weighted by atomic mass is 16.5. The number of nitrogens with one attached hydrogen (secondary N) is 1. The Morgan fingerprint density at radius 3 is 2.05 bits per heavy atom. The van der Waals surface area contributed by atoms with Crippen LogP contribution in [0, 0.1) is 0 Å². The lowest BCUT2D eigenvalue weighted by Crippen LogP contribution is -2.36. The minimum Gasteiger partial charge on any atom is -0.449 e. The Balaban J connectivity index is 2.29. The third-order valence-electron chi connectivity index (χ3n) is 2.80. The molecule has 0 aliphatic rings. The highest BCUT2D eigenvalue weighted by Crippen LogP contribution is 2.24. The van der Waals surface area contributed by atoms with Gasteiger partial charge in [-0.3, -0.25) is 4.90 Å². The fourth-order valence-electron chi connectivity index (χ4n) is 1.88. The van der Waals surface area contributed by atoms with Crippen LogP contribution in [0.2, 0.25) is 0 Å². The number of amides is 1. The normalized spacial score (nSPS) is 10.9.